The van der Waals surface area contributed by atoms with E-state index in [4.69, 9.17) is 10.7 Å². The van der Waals surface area contributed by atoms with Crippen molar-refractivity contribution in [3.05, 3.63) is 90.8 Å². The van der Waals surface area contributed by atoms with E-state index >= 15 is 0 Å². The van der Waals surface area contributed by atoms with Gasteiger partial charge >= 0.3 is 0 Å². The Morgan fingerprint density at radius 2 is 1.90 bits per heavy atom. The summed E-state index contributed by atoms with van der Waals surface area (Å²) in [5.74, 6) is 0.618. The Labute approximate surface area is 224 Å². The lowest BCUT2D eigenvalue weighted by molar-refractivity contribution is -0.140. The van der Waals surface area contributed by atoms with Gasteiger partial charge in [0, 0.05) is 48.9 Å². The molecule has 3 atom stereocenters. The molecule has 0 spiro atoms. The maximum atomic E-state index is 12.8. The zero-order valence-electron chi connectivity index (χ0n) is 21.4. The van der Waals surface area contributed by atoms with Gasteiger partial charge in [0.1, 0.15) is 28.9 Å². The number of anilines is 1. The van der Waals surface area contributed by atoms with E-state index in [-0.39, 0.29) is 41.9 Å². The van der Waals surface area contributed by atoms with Crippen molar-refractivity contribution in [2.45, 2.75) is 37.9 Å². The highest BCUT2D eigenvalue weighted by molar-refractivity contribution is 5.98. The first-order chi connectivity index (χ1) is 18.9. The van der Waals surface area contributed by atoms with E-state index in [1.54, 1.807) is 42.5 Å². The second-order valence-electron chi connectivity index (χ2n) is 9.87. The topological polar surface area (TPSA) is 127 Å². The van der Waals surface area contributed by atoms with Gasteiger partial charge in [-0.1, -0.05) is 36.9 Å². The minimum Gasteiger partial charge on any atom is -0.382 e. The normalized spacial score (nSPS) is 20.0. The number of fused-ring (bicyclic) bond motifs is 3. The predicted molar refractivity (Wildman–Crippen MR) is 144 cm³/mol. The third-order valence-electron chi connectivity index (χ3n) is 7.62. The summed E-state index contributed by atoms with van der Waals surface area (Å²) in [5.41, 5.74) is 9.57. The molecule has 196 valence electrons. The number of carbonyl (C=O) groups is 3. The van der Waals surface area contributed by atoms with Crippen LogP contribution in [-0.4, -0.2) is 65.4 Å². The molecule has 10 nitrogen and oxygen atoms in total. The number of pyridine rings is 1. The molecule has 2 bridgehead atoms. The molecule has 10 heteroatoms. The second kappa shape index (κ2) is 9.46. The van der Waals surface area contributed by atoms with Gasteiger partial charge in [-0.2, -0.15) is 0 Å². The van der Waals surface area contributed by atoms with Crippen molar-refractivity contribution in [3.8, 4) is 11.3 Å². The van der Waals surface area contributed by atoms with Crippen LogP contribution in [0.2, 0.25) is 0 Å². The van der Waals surface area contributed by atoms with Gasteiger partial charge in [-0.15, -0.1) is 0 Å². The lowest BCUT2D eigenvalue weighted by Gasteiger charge is -2.39. The summed E-state index contributed by atoms with van der Waals surface area (Å²) in [4.78, 5) is 55.3. The van der Waals surface area contributed by atoms with Gasteiger partial charge < -0.3 is 15.5 Å². The Hall–Kier alpha value is -4.86. The molecule has 0 saturated carbocycles. The van der Waals surface area contributed by atoms with Crippen molar-refractivity contribution in [2.24, 2.45) is 0 Å². The molecular formula is C29H27N7O3. The van der Waals surface area contributed by atoms with E-state index in [0.717, 1.165) is 5.56 Å². The number of imidazole rings is 1. The Morgan fingerprint density at radius 3 is 2.59 bits per heavy atom. The molecule has 2 N–H and O–H groups in total. The van der Waals surface area contributed by atoms with Gasteiger partial charge in [0.2, 0.25) is 11.8 Å². The number of ketones is 1. The average molecular weight is 522 g/mol. The molecule has 1 aromatic carbocycles. The summed E-state index contributed by atoms with van der Waals surface area (Å²) < 4.78 is 1.86. The van der Waals surface area contributed by atoms with E-state index < -0.39 is 6.04 Å². The van der Waals surface area contributed by atoms with Gasteiger partial charge in [0.15, 0.2) is 5.78 Å². The van der Waals surface area contributed by atoms with Crippen molar-refractivity contribution in [1.82, 2.24) is 29.2 Å². The maximum Gasteiger partial charge on any atom is 0.246 e. The fraction of sp³-hybridized carbons (Fsp3) is 0.241. The van der Waals surface area contributed by atoms with Gasteiger partial charge in [0.05, 0.1) is 18.5 Å². The number of nitrogen functional groups attached to an aromatic ring is 1. The van der Waals surface area contributed by atoms with Crippen molar-refractivity contribution in [2.75, 3.05) is 12.3 Å². The van der Waals surface area contributed by atoms with Crippen LogP contribution in [0.3, 0.4) is 0 Å². The molecule has 0 radical (unpaired) electrons. The molecule has 2 unspecified atom stereocenters. The summed E-state index contributed by atoms with van der Waals surface area (Å²) >= 11 is 0. The second-order valence-corrected chi connectivity index (χ2v) is 9.87. The molecule has 2 aliphatic heterocycles. The zero-order valence-corrected chi connectivity index (χ0v) is 21.4. The number of hydrogen-bond acceptors (Lipinski definition) is 7. The van der Waals surface area contributed by atoms with Crippen LogP contribution in [0.4, 0.5) is 5.82 Å². The molecule has 3 aromatic heterocycles. The largest absolute Gasteiger partial charge is 0.382 e. The van der Waals surface area contributed by atoms with Crippen LogP contribution in [0, 0.1) is 0 Å². The first-order valence-electron chi connectivity index (χ1n) is 12.7. The van der Waals surface area contributed by atoms with Crippen molar-refractivity contribution >= 4 is 28.9 Å². The third-order valence-corrected chi connectivity index (χ3v) is 7.62. The molecule has 6 rings (SSSR count). The Balaban J connectivity index is 1.40. The highest BCUT2D eigenvalue weighted by Crippen LogP contribution is 2.45. The smallest absolute Gasteiger partial charge is 0.246 e. The molecule has 39 heavy (non-hydrogen) atoms. The van der Waals surface area contributed by atoms with E-state index in [2.05, 4.69) is 16.5 Å². The van der Waals surface area contributed by atoms with Crippen LogP contribution in [-0.2, 0) is 16.0 Å². The van der Waals surface area contributed by atoms with Crippen LogP contribution < -0.4 is 5.73 Å². The standard InChI is InChI=1S/C29H27N7O3/c1-3-24(39)35-16-21-15-22(35)26(36(21)17(2)37)29-33-25(27-28(30)32-12-13-34(27)29)19-9-7-18(8-10-19)23(38)14-20-6-4-5-11-31-20/h3-13,21-22,26H,1,14-16H2,2H3,(H2,30,32)/t21?,22-,26?/m0/s1. The number of nitrogens with two attached hydrogens (primary N) is 1. The molecule has 5 heterocycles. The van der Waals surface area contributed by atoms with Crippen LogP contribution in [0.5, 0.6) is 0 Å². The number of likely N-dealkylation sites (tertiary alicyclic amines) is 2. The van der Waals surface area contributed by atoms with E-state index in [9.17, 15) is 14.4 Å². The van der Waals surface area contributed by atoms with Crippen LogP contribution in [0.15, 0.2) is 73.7 Å². The molecular weight excluding hydrogens is 494 g/mol. The van der Waals surface area contributed by atoms with Crippen molar-refractivity contribution < 1.29 is 14.4 Å². The molecule has 2 fully saturated rings. The summed E-state index contributed by atoms with van der Waals surface area (Å²) in [6, 6.07) is 11.9. The predicted octanol–water partition coefficient (Wildman–Crippen LogP) is 2.86. The summed E-state index contributed by atoms with van der Waals surface area (Å²) in [6.45, 7) is 5.66. The molecule has 4 aromatic rings. The summed E-state index contributed by atoms with van der Waals surface area (Å²) in [5, 5.41) is 0. The lowest BCUT2D eigenvalue weighted by Crippen LogP contribution is -2.52. The van der Waals surface area contributed by atoms with Crippen LogP contribution in [0.1, 0.15) is 41.3 Å². The third kappa shape index (κ3) is 4.04. The minimum absolute atomic E-state index is 0.0390. The number of carbonyl (C=O) groups excluding carboxylic acids is 3. The molecule has 2 saturated heterocycles. The first-order valence-corrected chi connectivity index (χ1v) is 12.7. The lowest BCUT2D eigenvalue weighted by atomic mass is 10.0. The number of amides is 2. The molecule has 2 amide bonds. The van der Waals surface area contributed by atoms with Crippen molar-refractivity contribution in [3.63, 3.8) is 0 Å². The van der Waals surface area contributed by atoms with Crippen LogP contribution in [0.25, 0.3) is 16.8 Å². The Bertz CT molecular complexity index is 1610. The van der Waals surface area contributed by atoms with Gasteiger partial charge in [-0.25, -0.2) is 9.97 Å². The zero-order chi connectivity index (χ0) is 27.3. The number of benzene rings is 1. The number of hydrogen-bond donors (Lipinski definition) is 1. The fourth-order valence-electron chi connectivity index (χ4n) is 5.96. The van der Waals surface area contributed by atoms with E-state index in [0.29, 0.717) is 41.3 Å². The van der Waals surface area contributed by atoms with Gasteiger partial charge in [-0.3, -0.25) is 23.8 Å². The SMILES string of the molecule is C=CC(=O)N1CC2C[C@H]1C(c1nc(-c3ccc(C(=O)Cc4ccccn4)cc3)c3c(N)nccn13)N2C(C)=O. The number of piperazine rings is 1. The fourth-order valence-corrected chi connectivity index (χ4v) is 5.96. The quantitative estimate of drug-likeness (QED) is 0.305. The number of nitrogens with zero attached hydrogens (tertiary/aromatic N) is 6. The van der Waals surface area contributed by atoms with E-state index in [1.165, 1.54) is 6.08 Å². The van der Waals surface area contributed by atoms with Crippen LogP contribution >= 0.6 is 0 Å². The highest BCUT2D eigenvalue weighted by Gasteiger charge is 2.54. The minimum atomic E-state index is -0.451. The number of aromatic nitrogens is 4. The van der Waals surface area contributed by atoms with Crippen molar-refractivity contribution in [1.29, 1.82) is 0 Å². The highest BCUT2D eigenvalue weighted by atomic mass is 16.2. The van der Waals surface area contributed by atoms with Gasteiger partial charge in [-0.05, 0) is 24.6 Å². The molecule has 2 aliphatic rings. The summed E-state index contributed by atoms with van der Waals surface area (Å²) in [6.07, 6.45) is 7.22. The Morgan fingerprint density at radius 1 is 1.10 bits per heavy atom. The number of rotatable bonds is 6. The monoisotopic (exact) mass is 521 g/mol. The first kappa shape index (κ1) is 24.5. The average Bonchev–Trinajstić information content (AvgIpc) is 3.65. The van der Waals surface area contributed by atoms with E-state index in [1.807, 2.05) is 39.6 Å². The number of Topliss-reactive ketones (excluding diaryl/α,β-unsaturated/α-hetero) is 1. The summed E-state index contributed by atoms with van der Waals surface area (Å²) in [7, 11) is 0. The molecule has 0 aliphatic carbocycles. The van der Waals surface area contributed by atoms with Gasteiger partial charge in [0.25, 0.3) is 0 Å². The maximum absolute atomic E-state index is 12.8. The Kier molecular flexibility index (Phi) is 5.94.